The SMILES string of the molecule is Cc1cc(Nc2nc(N3CC(CC(=O)N(C)C)CCC3C)cnc2C(N)=O)sn1. The molecule has 0 aromatic carbocycles. The van der Waals surface area contributed by atoms with E-state index >= 15 is 0 Å². The van der Waals surface area contributed by atoms with E-state index in [9.17, 15) is 9.59 Å². The minimum Gasteiger partial charge on any atom is -0.364 e. The Labute approximate surface area is 174 Å². The molecule has 0 spiro atoms. The summed E-state index contributed by atoms with van der Waals surface area (Å²) in [5.41, 5.74) is 6.45. The molecule has 2 aromatic heterocycles. The molecule has 0 bridgehead atoms. The van der Waals surface area contributed by atoms with E-state index in [2.05, 4.69) is 31.5 Å². The van der Waals surface area contributed by atoms with E-state index in [4.69, 9.17) is 5.73 Å². The number of primary amides is 1. The topological polar surface area (TPSA) is 117 Å². The van der Waals surface area contributed by atoms with Crippen LogP contribution in [0.1, 0.15) is 42.4 Å². The lowest BCUT2D eigenvalue weighted by molar-refractivity contribution is -0.129. The van der Waals surface area contributed by atoms with Crippen molar-refractivity contribution < 1.29 is 9.59 Å². The number of carbonyl (C=O) groups excluding carboxylic acids is 2. The van der Waals surface area contributed by atoms with Crippen LogP contribution in [0.25, 0.3) is 0 Å². The summed E-state index contributed by atoms with van der Waals surface area (Å²) < 4.78 is 4.23. The van der Waals surface area contributed by atoms with Crippen molar-refractivity contribution in [1.29, 1.82) is 0 Å². The van der Waals surface area contributed by atoms with Crippen molar-refractivity contribution >= 4 is 40.0 Å². The smallest absolute Gasteiger partial charge is 0.271 e. The average Bonchev–Trinajstić information content (AvgIpc) is 3.07. The van der Waals surface area contributed by atoms with Gasteiger partial charge in [0, 0.05) is 33.1 Å². The average molecular weight is 418 g/mol. The monoisotopic (exact) mass is 417 g/mol. The molecule has 10 heteroatoms. The number of nitrogens with one attached hydrogen (secondary N) is 1. The molecule has 3 N–H and O–H groups in total. The molecule has 1 saturated heterocycles. The fourth-order valence-electron chi connectivity index (χ4n) is 3.42. The maximum atomic E-state index is 12.1. The van der Waals surface area contributed by atoms with Gasteiger partial charge in [0.05, 0.1) is 11.9 Å². The van der Waals surface area contributed by atoms with Crippen LogP contribution >= 0.6 is 11.5 Å². The molecule has 0 saturated carbocycles. The second kappa shape index (κ2) is 8.73. The first-order valence-electron chi connectivity index (χ1n) is 9.58. The van der Waals surface area contributed by atoms with Gasteiger partial charge in [0.2, 0.25) is 5.91 Å². The zero-order valence-corrected chi connectivity index (χ0v) is 18.0. The molecule has 0 aliphatic carbocycles. The zero-order valence-electron chi connectivity index (χ0n) is 17.2. The van der Waals surface area contributed by atoms with E-state index in [-0.39, 0.29) is 23.6 Å². The molecule has 3 heterocycles. The minimum absolute atomic E-state index is 0.0869. The predicted octanol–water partition coefficient (Wildman–Crippen LogP) is 2.17. The summed E-state index contributed by atoms with van der Waals surface area (Å²) in [5.74, 6) is 0.710. The van der Waals surface area contributed by atoms with Gasteiger partial charge < -0.3 is 20.9 Å². The maximum Gasteiger partial charge on any atom is 0.271 e. The third kappa shape index (κ3) is 5.00. The predicted molar refractivity (Wildman–Crippen MR) is 114 cm³/mol. The Hall–Kier alpha value is -2.75. The molecule has 1 aliphatic heterocycles. The highest BCUT2D eigenvalue weighted by Gasteiger charge is 2.29. The van der Waals surface area contributed by atoms with Crippen molar-refractivity contribution in [2.75, 3.05) is 30.9 Å². The fourth-order valence-corrected chi connectivity index (χ4v) is 4.08. The van der Waals surface area contributed by atoms with Crippen LogP contribution < -0.4 is 16.0 Å². The van der Waals surface area contributed by atoms with Gasteiger partial charge in [-0.05, 0) is 50.2 Å². The number of rotatable bonds is 6. The largest absolute Gasteiger partial charge is 0.364 e. The van der Waals surface area contributed by atoms with Crippen molar-refractivity contribution in [2.24, 2.45) is 11.7 Å². The zero-order chi connectivity index (χ0) is 21.1. The molecule has 9 nitrogen and oxygen atoms in total. The van der Waals surface area contributed by atoms with Crippen LogP contribution in [0.2, 0.25) is 0 Å². The van der Waals surface area contributed by atoms with Gasteiger partial charge in [-0.1, -0.05) is 0 Å². The number of hydrogen-bond donors (Lipinski definition) is 2. The normalized spacial score (nSPS) is 19.1. The first-order chi connectivity index (χ1) is 13.7. The highest BCUT2D eigenvalue weighted by molar-refractivity contribution is 7.10. The Kier molecular flexibility index (Phi) is 6.31. The number of aryl methyl sites for hydroxylation is 1. The number of nitrogens with zero attached hydrogens (tertiary/aromatic N) is 5. The van der Waals surface area contributed by atoms with Crippen LogP contribution in [-0.4, -0.2) is 57.7 Å². The molecule has 1 aliphatic rings. The second-order valence-corrected chi connectivity index (χ2v) is 8.49. The van der Waals surface area contributed by atoms with Gasteiger partial charge in [-0.3, -0.25) is 9.59 Å². The van der Waals surface area contributed by atoms with Gasteiger partial charge in [0.25, 0.3) is 5.91 Å². The molecular weight excluding hydrogens is 390 g/mol. The summed E-state index contributed by atoms with van der Waals surface area (Å²) in [5, 5.41) is 3.88. The van der Waals surface area contributed by atoms with Gasteiger partial charge in [0.15, 0.2) is 11.5 Å². The molecule has 2 aromatic rings. The van der Waals surface area contributed by atoms with E-state index in [1.807, 2.05) is 13.0 Å². The maximum absolute atomic E-state index is 12.1. The third-order valence-corrected chi connectivity index (χ3v) is 5.89. The molecule has 3 rings (SSSR count). The Balaban J connectivity index is 1.85. The Morgan fingerprint density at radius 1 is 1.38 bits per heavy atom. The standard InChI is InChI=1S/C19H27N7O2S/c1-11-7-15(29-24-11)23-19-17(18(20)28)21-9-14(22-19)26-10-13(6-5-12(26)2)8-16(27)25(3)4/h7,9,12-13H,5-6,8,10H2,1-4H3,(H2,20,28)(H,22,23). The number of piperidine rings is 1. The first kappa shape index (κ1) is 21.0. The lowest BCUT2D eigenvalue weighted by Crippen LogP contribution is -2.43. The Morgan fingerprint density at radius 2 is 2.14 bits per heavy atom. The van der Waals surface area contributed by atoms with E-state index in [1.165, 1.54) is 11.5 Å². The van der Waals surface area contributed by atoms with Gasteiger partial charge in [-0.2, -0.15) is 4.37 Å². The number of carbonyl (C=O) groups is 2. The van der Waals surface area contributed by atoms with Crippen molar-refractivity contribution in [3.8, 4) is 0 Å². The van der Waals surface area contributed by atoms with Crippen LogP contribution in [0.15, 0.2) is 12.3 Å². The molecule has 2 atom stereocenters. The number of nitrogens with two attached hydrogens (primary N) is 1. The quantitative estimate of drug-likeness (QED) is 0.739. The third-order valence-electron chi connectivity index (χ3n) is 5.10. The number of hydrogen-bond acceptors (Lipinski definition) is 8. The van der Waals surface area contributed by atoms with E-state index in [0.717, 1.165) is 23.5 Å². The van der Waals surface area contributed by atoms with Gasteiger partial charge in [-0.15, -0.1) is 0 Å². The molecule has 2 unspecified atom stereocenters. The van der Waals surface area contributed by atoms with Crippen molar-refractivity contribution in [1.82, 2.24) is 19.2 Å². The lowest BCUT2D eigenvalue weighted by atomic mass is 9.90. The molecule has 1 fully saturated rings. The van der Waals surface area contributed by atoms with Crippen LogP contribution in [0.5, 0.6) is 0 Å². The highest BCUT2D eigenvalue weighted by atomic mass is 32.1. The van der Waals surface area contributed by atoms with Gasteiger partial charge in [0.1, 0.15) is 10.8 Å². The van der Waals surface area contributed by atoms with E-state index in [1.54, 1.807) is 25.2 Å². The van der Waals surface area contributed by atoms with Crippen LogP contribution in [0.3, 0.4) is 0 Å². The van der Waals surface area contributed by atoms with Crippen molar-refractivity contribution in [3.63, 3.8) is 0 Å². The van der Waals surface area contributed by atoms with Crippen LogP contribution in [0.4, 0.5) is 16.6 Å². The number of anilines is 3. The molecule has 0 radical (unpaired) electrons. The molecule has 2 amide bonds. The summed E-state index contributed by atoms with van der Waals surface area (Å²) >= 11 is 1.28. The first-order valence-corrected chi connectivity index (χ1v) is 10.4. The van der Waals surface area contributed by atoms with Crippen molar-refractivity contribution in [2.45, 2.75) is 39.2 Å². The summed E-state index contributed by atoms with van der Waals surface area (Å²) in [6.45, 7) is 4.74. The summed E-state index contributed by atoms with van der Waals surface area (Å²) in [6.07, 6.45) is 4.04. The minimum atomic E-state index is -0.645. The lowest BCUT2D eigenvalue weighted by Gasteiger charge is -2.39. The number of amides is 2. The van der Waals surface area contributed by atoms with E-state index < -0.39 is 5.91 Å². The molecule has 156 valence electrons. The number of aromatic nitrogens is 3. The van der Waals surface area contributed by atoms with Crippen LogP contribution in [-0.2, 0) is 4.79 Å². The molecule has 29 heavy (non-hydrogen) atoms. The molecular formula is C19H27N7O2S. The van der Waals surface area contributed by atoms with Gasteiger partial charge >= 0.3 is 0 Å². The Bertz CT molecular complexity index is 898. The Morgan fingerprint density at radius 3 is 2.76 bits per heavy atom. The second-order valence-electron chi connectivity index (χ2n) is 7.68. The van der Waals surface area contributed by atoms with Crippen LogP contribution in [0, 0.1) is 12.8 Å². The summed E-state index contributed by atoms with van der Waals surface area (Å²) in [6, 6.07) is 2.13. The van der Waals surface area contributed by atoms with E-state index in [0.29, 0.717) is 24.6 Å². The van der Waals surface area contributed by atoms with Gasteiger partial charge in [-0.25, -0.2) is 9.97 Å². The summed E-state index contributed by atoms with van der Waals surface area (Å²) in [4.78, 5) is 36.7. The fraction of sp³-hybridized carbons (Fsp3) is 0.526. The summed E-state index contributed by atoms with van der Waals surface area (Å²) in [7, 11) is 3.55. The van der Waals surface area contributed by atoms with Crippen molar-refractivity contribution in [3.05, 3.63) is 23.7 Å². The highest BCUT2D eigenvalue weighted by Crippen LogP contribution is 2.30.